The van der Waals surface area contributed by atoms with Crippen molar-refractivity contribution in [3.63, 3.8) is 0 Å². The van der Waals surface area contributed by atoms with Crippen LogP contribution in [0.1, 0.15) is 31.5 Å². The van der Waals surface area contributed by atoms with Crippen molar-refractivity contribution in [3.8, 4) is 0 Å². The molecule has 1 aromatic rings. The topological polar surface area (TPSA) is 62.2 Å². The summed E-state index contributed by atoms with van der Waals surface area (Å²) in [5, 5.41) is 12.1. The van der Waals surface area contributed by atoms with Crippen LogP contribution in [-0.4, -0.2) is 22.1 Å². The quantitative estimate of drug-likeness (QED) is 0.820. The van der Waals surface area contributed by atoms with Crippen molar-refractivity contribution in [1.29, 1.82) is 0 Å². The van der Waals surface area contributed by atoms with Gasteiger partial charge in [-0.25, -0.2) is 4.39 Å². The monoisotopic (exact) mass is 238 g/mol. The van der Waals surface area contributed by atoms with Gasteiger partial charge in [0.15, 0.2) is 0 Å². The Morgan fingerprint density at radius 1 is 1.59 bits per heavy atom. The number of hydrogen-bond acceptors (Lipinski definition) is 3. The number of aliphatic carboxylic acids is 1. The summed E-state index contributed by atoms with van der Waals surface area (Å²) < 4.78 is 12.7. The van der Waals surface area contributed by atoms with Gasteiger partial charge >= 0.3 is 5.97 Å². The largest absolute Gasteiger partial charge is 0.480 e. The Hall–Kier alpha value is -1.49. The van der Waals surface area contributed by atoms with Crippen molar-refractivity contribution in [2.75, 3.05) is 0 Å². The average molecular weight is 238 g/mol. The van der Waals surface area contributed by atoms with Crippen LogP contribution < -0.4 is 5.32 Å². The summed E-state index contributed by atoms with van der Waals surface area (Å²) in [5.74, 6) is -1.00. The number of pyridine rings is 1. The highest BCUT2D eigenvalue weighted by atomic mass is 19.1. The first kappa shape index (κ1) is 12.0. The fraction of sp³-hybridized carbons (Fsp3) is 0.500. The zero-order chi connectivity index (χ0) is 12.4. The van der Waals surface area contributed by atoms with Gasteiger partial charge in [-0.05, 0) is 37.8 Å². The Kier molecular flexibility index (Phi) is 3.38. The van der Waals surface area contributed by atoms with Crippen molar-refractivity contribution in [2.24, 2.45) is 5.92 Å². The van der Waals surface area contributed by atoms with Gasteiger partial charge in [-0.1, -0.05) is 0 Å². The van der Waals surface area contributed by atoms with Gasteiger partial charge in [-0.3, -0.25) is 15.1 Å². The molecule has 92 valence electrons. The van der Waals surface area contributed by atoms with Crippen LogP contribution in [0.3, 0.4) is 0 Å². The van der Waals surface area contributed by atoms with Crippen LogP contribution in [0.15, 0.2) is 18.3 Å². The first-order valence-electron chi connectivity index (χ1n) is 5.68. The molecule has 1 aliphatic rings. The molecule has 0 aliphatic heterocycles. The van der Waals surface area contributed by atoms with Crippen LogP contribution >= 0.6 is 0 Å². The lowest BCUT2D eigenvalue weighted by Crippen LogP contribution is -2.40. The normalized spacial score (nSPS) is 18.7. The minimum Gasteiger partial charge on any atom is -0.480 e. The molecule has 0 saturated heterocycles. The standard InChI is InChI=1S/C12H15FN2O2/c1-7(10-5-4-9(13)6-14-10)15-11(12(16)17)8-2-3-8/h4-8,11,15H,2-3H2,1H3,(H,16,17). The van der Waals surface area contributed by atoms with Crippen molar-refractivity contribution in [2.45, 2.75) is 31.8 Å². The molecule has 0 amide bonds. The van der Waals surface area contributed by atoms with Crippen molar-refractivity contribution in [3.05, 3.63) is 29.8 Å². The van der Waals surface area contributed by atoms with E-state index in [1.165, 1.54) is 6.07 Å². The Labute approximate surface area is 98.9 Å². The number of nitrogens with zero attached hydrogens (tertiary/aromatic N) is 1. The molecular formula is C12H15FN2O2. The molecule has 0 bridgehead atoms. The summed E-state index contributed by atoms with van der Waals surface area (Å²) in [6.45, 7) is 1.83. The van der Waals surface area contributed by atoms with E-state index >= 15 is 0 Å². The Morgan fingerprint density at radius 3 is 2.76 bits per heavy atom. The summed E-state index contributed by atoms with van der Waals surface area (Å²) in [4.78, 5) is 15.0. The molecule has 1 aromatic heterocycles. The third kappa shape index (κ3) is 3.00. The minimum absolute atomic E-state index is 0.197. The third-order valence-corrected chi connectivity index (χ3v) is 2.98. The predicted molar refractivity (Wildman–Crippen MR) is 59.9 cm³/mol. The predicted octanol–water partition coefficient (Wildman–Crippen LogP) is 1.73. The lowest BCUT2D eigenvalue weighted by molar-refractivity contribution is -0.140. The number of halogens is 1. The molecule has 1 heterocycles. The van der Waals surface area contributed by atoms with Gasteiger partial charge in [-0.2, -0.15) is 0 Å². The second kappa shape index (κ2) is 4.79. The molecule has 0 aromatic carbocycles. The molecule has 1 fully saturated rings. The molecule has 1 aliphatic carbocycles. The van der Waals surface area contributed by atoms with Gasteiger partial charge in [0, 0.05) is 6.04 Å². The highest BCUT2D eigenvalue weighted by Gasteiger charge is 2.37. The third-order valence-electron chi connectivity index (χ3n) is 2.98. The highest BCUT2D eigenvalue weighted by Crippen LogP contribution is 2.33. The van der Waals surface area contributed by atoms with Crippen LogP contribution in [0.25, 0.3) is 0 Å². The minimum atomic E-state index is -0.832. The molecular weight excluding hydrogens is 223 g/mol. The molecule has 0 radical (unpaired) electrons. The van der Waals surface area contributed by atoms with Crippen molar-refractivity contribution in [1.82, 2.24) is 10.3 Å². The maximum absolute atomic E-state index is 12.7. The SMILES string of the molecule is CC(NC(C(=O)O)C1CC1)c1ccc(F)cn1. The summed E-state index contributed by atoms with van der Waals surface area (Å²) in [7, 11) is 0. The summed E-state index contributed by atoms with van der Waals surface area (Å²) in [5.41, 5.74) is 0.651. The van der Waals surface area contributed by atoms with Crippen molar-refractivity contribution < 1.29 is 14.3 Å². The number of carbonyl (C=O) groups is 1. The van der Waals surface area contributed by atoms with Gasteiger partial charge < -0.3 is 5.11 Å². The zero-order valence-electron chi connectivity index (χ0n) is 9.56. The maximum Gasteiger partial charge on any atom is 0.321 e. The van der Waals surface area contributed by atoms with E-state index in [1.807, 2.05) is 6.92 Å². The second-order valence-corrected chi connectivity index (χ2v) is 4.44. The molecule has 2 atom stereocenters. The first-order chi connectivity index (χ1) is 8.08. The Bertz CT molecular complexity index is 403. The summed E-state index contributed by atoms with van der Waals surface area (Å²) in [6, 6.07) is 2.17. The molecule has 2 unspecified atom stereocenters. The molecule has 2 N–H and O–H groups in total. The van der Waals surface area contributed by atoms with Gasteiger partial charge in [0.2, 0.25) is 0 Å². The number of hydrogen-bond donors (Lipinski definition) is 2. The number of nitrogens with one attached hydrogen (secondary N) is 1. The van der Waals surface area contributed by atoms with E-state index in [0.717, 1.165) is 19.0 Å². The fourth-order valence-corrected chi connectivity index (χ4v) is 1.84. The molecule has 5 heteroatoms. The van der Waals surface area contributed by atoms with Gasteiger partial charge in [0.05, 0.1) is 11.9 Å². The number of rotatable bonds is 5. The van der Waals surface area contributed by atoms with E-state index in [4.69, 9.17) is 5.11 Å². The number of carboxylic acids is 1. The van der Waals surface area contributed by atoms with E-state index < -0.39 is 17.8 Å². The highest BCUT2D eigenvalue weighted by molar-refractivity contribution is 5.74. The van der Waals surface area contributed by atoms with Crippen LogP contribution in [0.5, 0.6) is 0 Å². The van der Waals surface area contributed by atoms with Crippen LogP contribution in [0.2, 0.25) is 0 Å². The number of carboxylic acid groups (broad SMARTS) is 1. The Balaban J connectivity index is 2.01. The molecule has 1 saturated carbocycles. The number of aromatic nitrogens is 1. The molecule has 17 heavy (non-hydrogen) atoms. The second-order valence-electron chi connectivity index (χ2n) is 4.44. The fourth-order valence-electron chi connectivity index (χ4n) is 1.84. The van der Waals surface area contributed by atoms with Crippen molar-refractivity contribution >= 4 is 5.97 Å². The maximum atomic E-state index is 12.7. The van der Waals surface area contributed by atoms with Gasteiger partial charge in [-0.15, -0.1) is 0 Å². The lowest BCUT2D eigenvalue weighted by atomic mass is 10.1. The van der Waals surface area contributed by atoms with E-state index in [2.05, 4.69) is 10.3 Å². The average Bonchev–Trinajstić information content (AvgIpc) is 3.10. The van der Waals surface area contributed by atoms with Crippen LogP contribution in [0, 0.1) is 11.7 Å². The molecule has 4 nitrogen and oxygen atoms in total. The lowest BCUT2D eigenvalue weighted by Gasteiger charge is -2.19. The van der Waals surface area contributed by atoms with Crippen LogP contribution in [-0.2, 0) is 4.79 Å². The zero-order valence-corrected chi connectivity index (χ0v) is 9.56. The van der Waals surface area contributed by atoms with E-state index in [0.29, 0.717) is 5.69 Å². The van der Waals surface area contributed by atoms with Gasteiger partial charge in [0.25, 0.3) is 0 Å². The van der Waals surface area contributed by atoms with E-state index in [-0.39, 0.29) is 12.0 Å². The van der Waals surface area contributed by atoms with Crippen LogP contribution in [0.4, 0.5) is 4.39 Å². The molecule has 0 spiro atoms. The van der Waals surface area contributed by atoms with E-state index in [9.17, 15) is 9.18 Å². The smallest absolute Gasteiger partial charge is 0.321 e. The van der Waals surface area contributed by atoms with E-state index in [1.54, 1.807) is 6.07 Å². The first-order valence-corrected chi connectivity index (χ1v) is 5.68. The van der Waals surface area contributed by atoms with Gasteiger partial charge in [0.1, 0.15) is 11.9 Å². The molecule has 2 rings (SSSR count). The summed E-state index contributed by atoms with van der Waals surface area (Å²) >= 11 is 0. The summed E-state index contributed by atoms with van der Waals surface area (Å²) in [6.07, 6.45) is 3.04. The Morgan fingerprint density at radius 2 is 2.29 bits per heavy atom.